The molecule has 0 saturated carbocycles. The third kappa shape index (κ3) is 2.37. The minimum atomic E-state index is -0.996. The fourth-order valence-corrected chi connectivity index (χ4v) is 3.54. The summed E-state index contributed by atoms with van der Waals surface area (Å²) < 4.78 is 5.00. The average molecular weight is 367 g/mol. The summed E-state index contributed by atoms with van der Waals surface area (Å²) in [6, 6.07) is 4.84. The van der Waals surface area contributed by atoms with E-state index in [4.69, 9.17) is 4.74 Å². The topological polar surface area (TPSA) is 87.2 Å². The smallest absolute Gasteiger partial charge is 0.433 e. The van der Waals surface area contributed by atoms with Crippen LogP contribution in [0.5, 0.6) is 0 Å². The van der Waals surface area contributed by atoms with Crippen molar-refractivity contribution in [3.63, 3.8) is 0 Å². The van der Waals surface area contributed by atoms with Crippen molar-refractivity contribution in [2.45, 2.75) is 25.9 Å². The molecule has 1 fully saturated rings. The molecule has 3 aliphatic heterocycles. The Labute approximate surface area is 155 Å². The Morgan fingerprint density at radius 2 is 1.74 bits per heavy atom. The van der Waals surface area contributed by atoms with E-state index in [1.807, 2.05) is 6.92 Å². The molecule has 0 aromatic heterocycles. The van der Waals surface area contributed by atoms with E-state index in [1.165, 1.54) is 11.2 Å². The summed E-state index contributed by atoms with van der Waals surface area (Å²) in [6.07, 6.45) is 4.17. The summed E-state index contributed by atoms with van der Waals surface area (Å²) in [6.45, 7) is 3.63. The van der Waals surface area contributed by atoms with Gasteiger partial charge in [0.2, 0.25) is 0 Å². The molecule has 1 saturated heterocycles. The lowest BCUT2D eigenvalue weighted by molar-refractivity contribution is -0.172. The largest absolute Gasteiger partial charge is 0.448 e. The minimum Gasteiger partial charge on any atom is -0.448 e. The number of hydrogen-bond acceptors (Lipinski definition) is 5. The number of ether oxygens (including phenoxy) is 1. The van der Waals surface area contributed by atoms with Crippen LogP contribution in [-0.2, 0) is 9.53 Å². The van der Waals surface area contributed by atoms with Crippen LogP contribution in [0, 0.1) is 0 Å². The SMILES string of the molecule is CCOC(=O)N1C=CC(C)=C[C@H]2[C@@H](N3C(=O)c4ccccc4C3=O)C(=O)N21. The van der Waals surface area contributed by atoms with E-state index in [0.717, 1.165) is 15.5 Å². The standard InChI is InChI=1S/C19H17N3O5/c1-3-27-19(26)20-9-8-11(2)10-14-15(18(25)22(14)20)21-16(23)12-6-4-5-7-13(12)17(21)24/h4-10,14-15H,3H2,1-2H3/t14-,15+/m0/s1. The van der Waals surface area contributed by atoms with Crippen molar-refractivity contribution in [3.8, 4) is 0 Å². The number of hydrogen-bond donors (Lipinski definition) is 0. The van der Waals surface area contributed by atoms with Crippen molar-refractivity contribution in [1.29, 1.82) is 0 Å². The minimum absolute atomic E-state index is 0.157. The zero-order valence-electron chi connectivity index (χ0n) is 14.8. The van der Waals surface area contributed by atoms with Crippen LogP contribution in [0.15, 0.2) is 48.2 Å². The highest BCUT2D eigenvalue weighted by Gasteiger charge is 2.58. The van der Waals surface area contributed by atoms with E-state index in [0.29, 0.717) is 0 Å². The van der Waals surface area contributed by atoms with Crippen molar-refractivity contribution < 1.29 is 23.9 Å². The number of allylic oxidation sites excluding steroid dienone is 2. The Balaban J connectivity index is 1.69. The number of imide groups is 1. The molecule has 3 heterocycles. The van der Waals surface area contributed by atoms with Crippen LogP contribution in [0.1, 0.15) is 34.6 Å². The average Bonchev–Trinajstić information content (AvgIpc) is 2.80. The first-order valence-corrected chi connectivity index (χ1v) is 8.58. The Hall–Kier alpha value is -3.42. The van der Waals surface area contributed by atoms with E-state index in [2.05, 4.69) is 0 Å². The zero-order chi connectivity index (χ0) is 19.3. The van der Waals surface area contributed by atoms with E-state index in [1.54, 1.807) is 43.3 Å². The van der Waals surface area contributed by atoms with Gasteiger partial charge < -0.3 is 4.74 Å². The second kappa shape index (κ2) is 6.08. The number of rotatable bonds is 2. The van der Waals surface area contributed by atoms with Gasteiger partial charge in [0.05, 0.1) is 17.7 Å². The van der Waals surface area contributed by atoms with Crippen LogP contribution >= 0.6 is 0 Å². The Morgan fingerprint density at radius 1 is 1.11 bits per heavy atom. The lowest BCUT2D eigenvalue weighted by atomic mass is 9.93. The van der Waals surface area contributed by atoms with Crippen molar-refractivity contribution >= 4 is 23.8 Å². The number of hydrazine groups is 1. The first kappa shape index (κ1) is 17.0. The molecular weight excluding hydrogens is 350 g/mol. The number of nitrogens with zero attached hydrogens (tertiary/aromatic N) is 3. The number of fused-ring (bicyclic) bond motifs is 2. The molecule has 0 spiro atoms. The Morgan fingerprint density at radius 3 is 2.33 bits per heavy atom. The number of carbonyl (C=O) groups excluding carboxylic acids is 4. The van der Waals surface area contributed by atoms with Crippen molar-refractivity contribution in [1.82, 2.24) is 14.9 Å². The third-order valence-corrected chi connectivity index (χ3v) is 4.79. The molecule has 0 aliphatic carbocycles. The molecule has 4 rings (SSSR count). The molecule has 0 bridgehead atoms. The van der Waals surface area contributed by atoms with Crippen LogP contribution in [-0.4, -0.2) is 57.4 Å². The summed E-state index contributed by atoms with van der Waals surface area (Å²) in [5, 5.41) is 2.29. The van der Waals surface area contributed by atoms with Crippen molar-refractivity contribution in [2.75, 3.05) is 6.61 Å². The highest BCUT2D eigenvalue weighted by Crippen LogP contribution is 2.36. The molecule has 1 aromatic carbocycles. The van der Waals surface area contributed by atoms with E-state index < -0.39 is 35.9 Å². The molecule has 27 heavy (non-hydrogen) atoms. The number of β-lactam (4-membered cyclic amide) rings is 1. The first-order valence-electron chi connectivity index (χ1n) is 8.58. The maximum absolute atomic E-state index is 12.9. The molecule has 8 heteroatoms. The molecule has 3 aliphatic rings. The lowest BCUT2D eigenvalue weighted by Crippen LogP contribution is -2.74. The van der Waals surface area contributed by atoms with Gasteiger partial charge in [-0.05, 0) is 32.1 Å². The molecule has 8 nitrogen and oxygen atoms in total. The summed E-state index contributed by atoms with van der Waals surface area (Å²) in [5.41, 5.74) is 1.36. The summed E-state index contributed by atoms with van der Waals surface area (Å²) in [4.78, 5) is 51.6. The lowest BCUT2D eigenvalue weighted by Gasteiger charge is -2.50. The molecule has 2 atom stereocenters. The highest BCUT2D eigenvalue weighted by atomic mass is 16.6. The summed E-state index contributed by atoms with van der Waals surface area (Å²) in [7, 11) is 0. The van der Waals surface area contributed by atoms with Gasteiger partial charge in [0.25, 0.3) is 17.7 Å². The maximum atomic E-state index is 12.9. The highest BCUT2D eigenvalue weighted by molar-refractivity contribution is 6.23. The molecule has 1 aromatic rings. The van der Waals surface area contributed by atoms with Gasteiger partial charge in [0.15, 0.2) is 0 Å². The van der Waals surface area contributed by atoms with Crippen LogP contribution < -0.4 is 0 Å². The monoisotopic (exact) mass is 367 g/mol. The van der Waals surface area contributed by atoms with Gasteiger partial charge in [-0.25, -0.2) is 9.80 Å². The molecular formula is C19H17N3O5. The van der Waals surface area contributed by atoms with Crippen molar-refractivity contribution in [3.05, 3.63) is 59.3 Å². The van der Waals surface area contributed by atoms with Crippen LogP contribution in [0.3, 0.4) is 0 Å². The van der Waals surface area contributed by atoms with Gasteiger partial charge in [-0.3, -0.25) is 19.3 Å². The van der Waals surface area contributed by atoms with E-state index >= 15 is 0 Å². The second-order valence-corrected chi connectivity index (χ2v) is 6.41. The summed E-state index contributed by atoms with van der Waals surface area (Å²) in [5.74, 6) is -1.52. The summed E-state index contributed by atoms with van der Waals surface area (Å²) >= 11 is 0. The Kier molecular flexibility index (Phi) is 3.83. The predicted molar refractivity (Wildman–Crippen MR) is 93.1 cm³/mol. The first-order chi connectivity index (χ1) is 13.0. The van der Waals surface area contributed by atoms with Gasteiger partial charge in [0, 0.05) is 6.20 Å². The number of carbonyl (C=O) groups is 4. The van der Waals surface area contributed by atoms with Gasteiger partial charge in [-0.2, -0.15) is 5.01 Å². The van der Waals surface area contributed by atoms with E-state index in [9.17, 15) is 19.2 Å². The maximum Gasteiger partial charge on any atom is 0.433 e. The molecule has 0 unspecified atom stereocenters. The van der Waals surface area contributed by atoms with Crippen LogP contribution in [0.25, 0.3) is 0 Å². The second-order valence-electron chi connectivity index (χ2n) is 6.41. The molecule has 0 N–H and O–H groups in total. The fourth-order valence-electron chi connectivity index (χ4n) is 3.54. The third-order valence-electron chi connectivity index (χ3n) is 4.79. The van der Waals surface area contributed by atoms with Crippen molar-refractivity contribution in [2.24, 2.45) is 0 Å². The molecule has 4 amide bonds. The quantitative estimate of drug-likeness (QED) is 0.587. The van der Waals surface area contributed by atoms with Crippen LogP contribution in [0.2, 0.25) is 0 Å². The fraction of sp³-hybridized carbons (Fsp3) is 0.263. The van der Waals surface area contributed by atoms with Gasteiger partial charge in [-0.15, -0.1) is 0 Å². The normalized spacial score (nSPS) is 23.6. The van der Waals surface area contributed by atoms with Gasteiger partial charge in [-0.1, -0.05) is 23.8 Å². The molecule has 0 radical (unpaired) electrons. The van der Waals surface area contributed by atoms with E-state index in [-0.39, 0.29) is 17.7 Å². The van der Waals surface area contributed by atoms with Gasteiger partial charge in [0.1, 0.15) is 12.1 Å². The van der Waals surface area contributed by atoms with Crippen LogP contribution in [0.4, 0.5) is 4.79 Å². The molecule has 138 valence electrons. The van der Waals surface area contributed by atoms with Gasteiger partial charge >= 0.3 is 6.09 Å². The zero-order valence-corrected chi connectivity index (χ0v) is 14.8. The number of amides is 4. The number of benzene rings is 1. The predicted octanol–water partition coefficient (Wildman–Crippen LogP) is 1.71. The Bertz CT molecular complexity index is 900.